The zero-order chi connectivity index (χ0) is 20.4. The lowest BCUT2D eigenvalue weighted by molar-refractivity contribution is 0.0697. The Morgan fingerprint density at radius 2 is 1.79 bits per heavy atom. The Morgan fingerprint density at radius 3 is 2.52 bits per heavy atom. The van der Waals surface area contributed by atoms with Crippen LogP contribution in [-0.2, 0) is 6.61 Å². The largest absolute Gasteiger partial charge is 0.488 e. The Kier molecular flexibility index (Phi) is 4.98. The van der Waals surface area contributed by atoms with Crippen LogP contribution in [-0.4, -0.2) is 11.1 Å². The number of hydrogen-bond acceptors (Lipinski definition) is 2. The van der Waals surface area contributed by atoms with Gasteiger partial charge in [0.1, 0.15) is 12.4 Å². The molecule has 0 fully saturated rings. The van der Waals surface area contributed by atoms with Crippen molar-refractivity contribution in [3.63, 3.8) is 0 Å². The van der Waals surface area contributed by atoms with E-state index in [-0.39, 0.29) is 11.0 Å². The van der Waals surface area contributed by atoms with E-state index in [2.05, 4.69) is 62.4 Å². The lowest BCUT2D eigenvalue weighted by Crippen LogP contribution is -2.11. The molecule has 3 aromatic rings. The fraction of sp³-hybridized carbons (Fsp3) is 0.192. The van der Waals surface area contributed by atoms with Crippen molar-refractivity contribution in [1.82, 2.24) is 0 Å². The van der Waals surface area contributed by atoms with Gasteiger partial charge in [0.2, 0.25) is 0 Å². The lowest BCUT2D eigenvalue weighted by atomic mass is 9.79. The molecule has 1 aliphatic rings. The van der Waals surface area contributed by atoms with Gasteiger partial charge in [0.15, 0.2) is 0 Å². The van der Waals surface area contributed by atoms with Crippen molar-refractivity contribution in [3.8, 4) is 5.75 Å². The van der Waals surface area contributed by atoms with Gasteiger partial charge < -0.3 is 9.84 Å². The van der Waals surface area contributed by atoms with Gasteiger partial charge in [-0.1, -0.05) is 74.5 Å². The molecule has 0 amide bonds. The summed E-state index contributed by atoms with van der Waals surface area (Å²) in [6, 6.07) is 19.3. The van der Waals surface area contributed by atoms with Gasteiger partial charge >= 0.3 is 5.97 Å². The van der Waals surface area contributed by atoms with Gasteiger partial charge in [0.25, 0.3) is 0 Å². The summed E-state index contributed by atoms with van der Waals surface area (Å²) in [5, 5.41) is 11.4. The molecule has 0 unspecified atom stereocenters. The molecule has 29 heavy (non-hydrogen) atoms. The van der Waals surface area contributed by atoms with Crippen LogP contribution in [0.4, 0.5) is 0 Å². The molecule has 0 radical (unpaired) electrons. The number of fused-ring (bicyclic) bond motifs is 1. The summed E-state index contributed by atoms with van der Waals surface area (Å²) < 4.78 is 6.24. The van der Waals surface area contributed by atoms with E-state index in [4.69, 9.17) is 9.84 Å². The normalized spacial score (nSPS) is 15.2. The van der Waals surface area contributed by atoms with Crippen molar-refractivity contribution in [2.24, 2.45) is 5.41 Å². The van der Waals surface area contributed by atoms with Crippen molar-refractivity contribution < 1.29 is 14.6 Å². The van der Waals surface area contributed by atoms with E-state index in [0.29, 0.717) is 6.61 Å². The van der Waals surface area contributed by atoms with Crippen LogP contribution in [0.3, 0.4) is 0 Å². The Morgan fingerprint density at radius 1 is 1.03 bits per heavy atom. The van der Waals surface area contributed by atoms with Gasteiger partial charge in [0, 0.05) is 5.56 Å². The molecule has 0 atom stereocenters. The van der Waals surface area contributed by atoms with Crippen LogP contribution in [0.25, 0.3) is 16.3 Å². The average Bonchev–Trinajstić information content (AvgIpc) is 2.71. The minimum absolute atomic E-state index is 0.102. The Labute approximate surface area is 171 Å². The second-order valence-electron chi connectivity index (χ2n) is 8.17. The van der Waals surface area contributed by atoms with Crippen LogP contribution in [0, 0.1) is 5.41 Å². The molecule has 3 aromatic carbocycles. The van der Waals surface area contributed by atoms with Crippen LogP contribution in [0.1, 0.15) is 41.8 Å². The van der Waals surface area contributed by atoms with E-state index in [9.17, 15) is 4.79 Å². The van der Waals surface area contributed by atoms with Crippen LogP contribution in [0.15, 0.2) is 78.9 Å². The van der Waals surface area contributed by atoms with E-state index in [1.54, 1.807) is 24.3 Å². The minimum atomic E-state index is -0.922. The van der Waals surface area contributed by atoms with E-state index < -0.39 is 5.97 Å². The molecule has 3 nitrogen and oxygen atoms in total. The highest BCUT2D eigenvalue weighted by Crippen LogP contribution is 2.42. The topological polar surface area (TPSA) is 46.5 Å². The van der Waals surface area contributed by atoms with Crippen molar-refractivity contribution >= 4 is 22.3 Å². The van der Waals surface area contributed by atoms with Gasteiger partial charge in [-0.15, -0.1) is 0 Å². The van der Waals surface area contributed by atoms with E-state index in [1.807, 2.05) is 6.07 Å². The first-order chi connectivity index (χ1) is 13.9. The van der Waals surface area contributed by atoms with Gasteiger partial charge in [-0.2, -0.15) is 0 Å². The highest BCUT2D eigenvalue weighted by Gasteiger charge is 2.23. The third-order valence-electron chi connectivity index (χ3n) is 5.30. The predicted octanol–water partition coefficient (Wildman–Crippen LogP) is 6.49. The fourth-order valence-corrected chi connectivity index (χ4v) is 3.81. The number of aromatic carboxylic acids is 1. The molecule has 0 aliphatic heterocycles. The molecule has 3 heteroatoms. The summed E-state index contributed by atoms with van der Waals surface area (Å²) in [5.74, 6) is -0.0717. The predicted molar refractivity (Wildman–Crippen MR) is 117 cm³/mol. The van der Waals surface area contributed by atoms with Crippen molar-refractivity contribution in [2.45, 2.75) is 26.9 Å². The fourth-order valence-electron chi connectivity index (χ4n) is 3.81. The molecule has 0 saturated heterocycles. The molecule has 0 bridgehead atoms. The number of allylic oxidation sites excluding steroid dienone is 4. The van der Waals surface area contributed by atoms with Crippen molar-refractivity contribution in [3.05, 3.63) is 95.6 Å². The molecule has 0 saturated carbocycles. The quantitative estimate of drug-likeness (QED) is 0.547. The number of benzene rings is 3. The standard InChI is InChI=1S/C26H24O3/c1-26(2)15-5-7-21(16-26)24-22-8-4-3-6-19(22)13-14-23(24)29-17-18-9-11-20(12-10-18)25(27)28/h3-15H,16-17H2,1-2H3,(H,27,28). The molecule has 0 heterocycles. The number of carboxylic acid groups (broad SMARTS) is 1. The Bertz CT molecular complexity index is 1120. The average molecular weight is 384 g/mol. The molecule has 146 valence electrons. The summed E-state index contributed by atoms with van der Waals surface area (Å²) in [4.78, 5) is 11.0. The SMILES string of the molecule is CC1(C)C=CC=C(c2c(OCc3ccc(C(=O)O)cc3)ccc3ccccc23)C1. The van der Waals surface area contributed by atoms with Crippen LogP contribution >= 0.6 is 0 Å². The maximum absolute atomic E-state index is 11.0. The molecule has 4 rings (SSSR count). The lowest BCUT2D eigenvalue weighted by Gasteiger charge is -2.27. The molecular formula is C26H24O3. The Balaban J connectivity index is 1.70. The first-order valence-electron chi connectivity index (χ1n) is 9.78. The van der Waals surface area contributed by atoms with Gasteiger partial charge in [-0.05, 0) is 51.9 Å². The van der Waals surface area contributed by atoms with E-state index >= 15 is 0 Å². The second kappa shape index (κ2) is 7.59. The highest BCUT2D eigenvalue weighted by atomic mass is 16.5. The summed E-state index contributed by atoms with van der Waals surface area (Å²) in [6.45, 7) is 4.87. The van der Waals surface area contributed by atoms with Gasteiger partial charge in [-0.25, -0.2) is 4.79 Å². The number of ether oxygens (including phenoxy) is 1. The highest BCUT2D eigenvalue weighted by molar-refractivity contribution is 5.97. The molecule has 0 spiro atoms. The van der Waals surface area contributed by atoms with Crippen LogP contribution in [0.2, 0.25) is 0 Å². The second-order valence-corrected chi connectivity index (χ2v) is 8.17. The monoisotopic (exact) mass is 384 g/mol. The summed E-state index contributed by atoms with van der Waals surface area (Å²) in [6.07, 6.45) is 7.50. The molecular weight excluding hydrogens is 360 g/mol. The van der Waals surface area contributed by atoms with Gasteiger partial charge in [-0.3, -0.25) is 0 Å². The van der Waals surface area contributed by atoms with E-state index in [0.717, 1.165) is 23.3 Å². The zero-order valence-electron chi connectivity index (χ0n) is 16.7. The van der Waals surface area contributed by atoms with Crippen molar-refractivity contribution in [1.29, 1.82) is 0 Å². The Hall–Kier alpha value is -3.33. The third-order valence-corrected chi connectivity index (χ3v) is 5.30. The van der Waals surface area contributed by atoms with Crippen LogP contribution < -0.4 is 4.74 Å². The molecule has 0 aromatic heterocycles. The number of carboxylic acids is 1. The summed E-state index contributed by atoms with van der Waals surface area (Å²) >= 11 is 0. The van der Waals surface area contributed by atoms with Gasteiger partial charge in [0.05, 0.1) is 5.56 Å². The number of hydrogen-bond donors (Lipinski definition) is 1. The maximum Gasteiger partial charge on any atom is 0.335 e. The third kappa shape index (κ3) is 4.09. The summed E-state index contributed by atoms with van der Waals surface area (Å²) in [7, 11) is 0. The van der Waals surface area contributed by atoms with E-state index in [1.165, 1.54) is 16.3 Å². The number of carbonyl (C=O) groups is 1. The number of rotatable bonds is 5. The first-order valence-corrected chi connectivity index (χ1v) is 9.78. The molecule has 1 N–H and O–H groups in total. The first kappa shape index (κ1) is 19.0. The zero-order valence-corrected chi connectivity index (χ0v) is 16.7. The smallest absolute Gasteiger partial charge is 0.335 e. The van der Waals surface area contributed by atoms with Crippen LogP contribution in [0.5, 0.6) is 5.75 Å². The maximum atomic E-state index is 11.0. The minimum Gasteiger partial charge on any atom is -0.488 e. The molecule has 1 aliphatic carbocycles. The van der Waals surface area contributed by atoms with Crippen molar-refractivity contribution in [2.75, 3.05) is 0 Å². The summed E-state index contributed by atoms with van der Waals surface area (Å²) in [5.41, 5.74) is 3.73.